The summed E-state index contributed by atoms with van der Waals surface area (Å²) in [6.45, 7) is 0. The lowest BCUT2D eigenvalue weighted by atomic mass is 10.1. The minimum Gasteiger partial charge on any atom is -0.268 e. The number of benzene rings is 4. The van der Waals surface area contributed by atoms with E-state index in [1.165, 1.54) is 4.90 Å². The summed E-state index contributed by atoms with van der Waals surface area (Å²) < 4.78 is 0. The summed E-state index contributed by atoms with van der Waals surface area (Å²) in [7, 11) is 0. The van der Waals surface area contributed by atoms with Crippen molar-refractivity contribution >= 4 is 28.3 Å². The second-order valence-electron chi connectivity index (χ2n) is 6.21. The van der Waals surface area contributed by atoms with E-state index in [4.69, 9.17) is 0 Å². The monoisotopic (exact) mass is 351 g/mol. The van der Waals surface area contributed by atoms with Gasteiger partial charge in [-0.2, -0.15) is 0 Å². The molecule has 0 unspecified atom stereocenters. The number of hydrogen-bond acceptors (Lipinski definition) is 2. The van der Waals surface area contributed by atoms with E-state index in [9.17, 15) is 9.59 Å². The van der Waals surface area contributed by atoms with E-state index in [-0.39, 0.29) is 11.8 Å². The van der Waals surface area contributed by atoms with Gasteiger partial charge in [0, 0.05) is 11.1 Å². The van der Waals surface area contributed by atoms with Crippen LogP contribution in [0.5, 0.6) is 0 Å². The van der Waals surface area contributed by atoms with Gasteiger partial charge in [0.25, 0.3) is 11.8 Å². The Balaban J connectivity index is 1.79. The van der Waals surface area contributed by atoms with Crippen LogP contribution in [0.3, 0.4) is 0 Å². The number of carbonyl (C=O) groups excluding carboxylic acids is 2. The zero-order valence-electron chi connectivity index (χ0n) is 14.6. The number of hydrogen-bond donors (Lipinski definition) is 0. The highest BCUT2D eigenvalue weighted by atomic mass is 16.2. The molecule has 2 amide bonds. The van der Waals surface area contributed by atoms with Crippen LogP contribution in [0.1, 0.15) is 20.7 Å². The predicted octanol–water partition coefficient (Wildman–Crippen LogP) is 5.33. The van der Waals surface area contributed by atoms with Gasteiger partial charge in [-0.15, -0.1) is 0 Å². The molecular formula is C24H17NO2. The maximum Gasteiger partial charge on any atom is 0.265 e. The average Bonchev–Trinajstić information content (AvgIpc) is 2.75. The van der Waals surface area contributed by atoms with Crippen LogP contribution in [0.4, 0.5) is 5.69 Å². The van der Waals surface area contributed by atoms with Gasteiger partial charge in [-0.05, 0) is 47.2 Å². The third-order valence-electron chi connectivity index (χ3n) is 4.44. The van der Waals surface area contributed by atoms with Gasteiger partial charge in [0.15, 0.2) is 0 Å². The number of imide groups is 1. The summed E-state index contributed by atoms with van der Waals surface area (Å²) in [4.78, 5) is 27.7. The maximum absolute atomic E-state index is 13.3. The van der Waals surface area contributed by atoms with Gasteiger partial charge in [0.1, 0.15) is 0 Å². The summed E-state index contributed by atoms with van der Waals surface area (Å²) in [5, 5.41) is 2.01. The molecule has 0 heterocycles. The summed E-state index contributed by atoms with van der Waals surface area (Å²) in [5.74, 6) is -0.694. The standard InChI is InChI=1S/C24H17NO2/c26-23(19-10-3-1-4-11-19)25(22-13-5-2-6-14-22)24(27)21-16-15-18-9-7-8-12-20(18)17-21/h1-17H. The van der Waals surface area contributed by atoms with E-state index in [0.717, 1.165) is 10.8 Å². The van der Waals surface area contributed by atoms with Gasteiger partial charge in [-0.1, -0.05) is 66.7 Å². The minimum atomic E-state index is -0.347. The third kappa shape index (κ3) is 3.35. The maximum atomic E-state index is 13.3. The number of para-hydroxylation sites is 1. The Morgan fingerprint density at radius 3 is 1.78 bits per heavy atom. The van der Waals surface area contributed by atoms with Gasteiger partial charge >= 0.3 is 0 Å². The van der Waals surface area contributed by atoms with Crippen molar-refractivity contribution in [3.05, 3.63) is 114 Å². The molecule has 27 heavy (non-hydrogen) atoms. The van der Waals surface area contributed by atoms with Crippen LogP contribution in [-0.2, 0) is 0 Å². The summed E-state index contributed by atoms with van der Waals surface area (Å²) in [6, 6.07) is 31.2. The number of rotatable bonds is 3. The van der Waals surface area contributed by atoms with E-state index < -0.39 is 0 Å². The molecule has 0 aromatic heterocycles. The zero-order chi connectivity index (χ0) is 18.6. The normalized spacial score (nSPS) is 10.5. The first-order valence-corrected chi connectivity index (χ1v) is 8.72. The largest absolute Gasteiger partial charge is 0.268 e. The Hall–Kier alpha value is -3.72. The molecule has 0 spiro atoms. The molecule has 0 aliphatic carbocycles. The lowest BCUT2D eigenvalue weighted by molar-refractivity contribution is 0.0897. The fraction of sp³-hybridized carbons (Fsp3) is 0. The van der Waals surface area contributed by atoms with Crippen molar-refractivity contribution in [1.29, 1.82) is 0 Å². The summed E-state index contributed by atoms with van der Waals surface area (Å²) in [5.41, 5.74) is 1.49. The molecule has 0 atom stereocenters. The topological polar surface area (TPSA) is 37.4 Å². The molecule has 4 aromatic carbocycles. The van der Waals surface area contributed by atoms with Crippen molar-refractivity contribution in [2.75, 3.05) is 4.90 Å². The molecule has 0 radical (unpaired) electrons. The fourth-order valence-corrected chi connectivity index (χ4v) is 3.07. The molecule has 0 aliphatic rings. The number of nitrogens with zero attached hydrogens (tertiary/aromatic N) is 1. The number of fused-ring (bicyclic) bond motifs is 1. The Kier molecular flexibility index (Phi) is 4.50. The second-order valence-corrected chi connectivity index (χ2v) is 6.21. The Morgan fingerprint density at radius 1 is 0.519 bits per heavy atom. The lowest BCUT2D eigenvalue weighted by Gasteiger charge is -2.21. The van der Waals surface area contributed by atoms with Crippen LogP contribution >= 0.6 is 0 Å². The Bertz CT molecular complexity index is 1100. The molecule has 0 saturated heterocycles. The average molecular weight is 351 g/mol. The van der Waals surface area contributed by atoms with Crippen molar-refractivity contribution in [2.24, 2.45) is 0 Å². The fourth-order valence-electron chi connectivity index (χ4n) is 3.07. The summed E-state index contributed by atoms with van der Waals surface area (Å²) >= 11 is 0. The second kappa shape index (κ2) is 7.26. The smallest absolute Gasteiger partial charge is 0.265 e. The highest BCUT2D eigenvalue weighted by molar-refractivity contribution is 6.26. The van der Waals surface area contributed by atoms with E-state index in [2.05, 4.69) is 0 Å². The van der Waals surface area contributed by atoms with Gasteiger partial charge < -0.3 is 0 Å². The molecule has 0 fully saturated rings. The first-order chi connectivity index (χ1) is 13.2. The van der Waals surface area contributed by atoms with Crippen LogP contribution in [0, 0.1) is 0 Å². The highest BCUT2D eigenvalue weighted by Crippen LogP contribution is 2.22. The van der Waals surface area contributed by atoms with Gasteiger partial charge in [-0.3, -0.25) is 9.59 Å². The van der Waals surface area contributed by atoms with Crippen molar-refractivity contribution in [1.82, 2.24) is 0 Å². The molecule has 0 N–H and O–H groups in total. The van der Waals surface area contributed by atoms with Crippen LogP contribution in [0.2, 0.25) is 0 Å². The molecule has 3 heteroatoms. The van der Waals surface area contributed by atoms with Gasteiger partial charge in [0.05, 0.1) is 5.69 Å². The lowest BCUT2D eigenvalue weighted by Crippen LogP contribution is -2.37. The van der Waals surface area contributed by atoms with Crippen molar-refractivity contribution in [3.63, 3.8) is 0 Å². The first kappa shape index (κ1) is 16.7. The zero-order valence-corrected chi connectivity index (χ0v) is 14.6. The third-order valence-corrected chi connectivity index (χ3v) is 4.44. The first-order valence-electron chi connectivity index (χ1n) is 8.72. The molecule has 0 aliphatic heterocycles. The number of anilines is 1. The van der Waals surface area contributed by atoms with Crippen LogP contribution in [0.15, 0.2) is 103 Å². The Labute approximate surface area is 157 Å². The van der Waals surface area contributed by atoms with Crippen molar-refractivity contribution < 1.29 is 9.59 Å². The van der Waals surface area contributed by atoms with Gasteiger partial charge in [0.2, 0.25) is 0 Å². The quantitative estimate of drug-likeness (QED) is 0.468. The van der Waals surface area contributed by atoms with Crippen LogP contribution in [0.25, 0.3) is 10.8 Å². The predicted molar refractivity (Wildman–Crippen MR) is 108 cm³/mol. The van der Waals surface area contributed by atoms with E-state index in [1.807, 2.05) is 60.7 Å². The van der Waals surface area contributed by atoms with E-state index in [0.29, 0.717) is 16.8 Å². The van der Waals surface area contributed by atoms with E-state index in [1.54, 1.807) is 42.5 Å². The molecule has 4 rings (SSSR count). The molecular weight excluding hydrogens is 334 g/mol. The van der Waals surface area contributed by atoms with Crippen LogP contribution in [-0.4, -0.2) is 11.8 Å². The number of amides is 2. The Morgan fingerprint density at radius 2 is 1.07 bits per heavy atom. The minimum absolute atomic E-state index is 0.346. The van der Waals surface area contributed by atoms with Gasteiger partial charge in [-0.25, -0.2) is 4.90 Å². The molecule has 4 aromatic rings. The SMILES string of the molecule is O=C(c1ccccc1)N(C(=O)c1ccc2ccccc2c1)c1ccccc1. The van der Waals surface area contributed by atoms with E-state index >= 15 is 0 Å². The number of carbonyl (C=O) groups is 2. The molecule has 130 valence electrons. The molecule has 0 bridgehead atoms. The molecule has 0 saturated carbocycles. The van der Waals surface area contributed by atoms with Crippen LogP contribution < -0.4 is 4.90 Å². The van der Waals surface area contributed by atoms with Crippen molar-refractivity contribution in [3.8, 4) is 0 Å². The highest BCUT2D eigenvalue weighted by Gasteiger charge is 2.25. The summed E-state index contributed by atoms with van der Waals surface area (Å²) in [6.07, 6.45) is 0. The van der Waals surface area contributed by atoms with Crippen molar-refractivity contribution in [2.45, 2.75) is 0 Å². The molecule has 3 nitrogen and oxygen atoms in total.